The summed E-state index contributed by atoms with van der Waals surface area (Å²) in [7, 11) is 1.62. The number of nitrogens with zero attached hydrogens (tertiary/aromatic N) is 2. The Hall–Kier alpha value is -1.35. The molecule has 0 N–H and O–H groups in total. The number of hydrogen-bond donors (Lipinski definition) is 0. The lowest BCUT2D eigenvalue weighted by Gasteiger charge is -2.04. The maximum Gasteiger partial charge on any atom is 0.159 e. The maximum absolute atomic E-state index is 5.93. The van der Waals surface area contributed by atoms with Crippen molar-refractivity contribution in [1.82, 2.24) is 10.2 Å². The summed E-state index contributed by atoms with van der Waals surface area (Å²) in [5.74, 6) is 0.770. The Kier molecular flexibility index (Phi) is 2.25. The Morgan fingerprint density at radius 3 is 2.71 bits per heavy atom. The zero-order valence-electron chi connectivity index (χ0n) is 7.91. The molecule has 0 atom stereocenters. The highest BCUT2D eigenvalue weighted by molar-refractivity contribution is 6.34. The highest BCUT2D eigenvalue weighted by atomic mass is 35.5. The monoisotopic (exact) mass is 208 g/mol. The largest absolute Gasteiger partial charge is 0.497 e. The van der Waals surface area contributed by atoms with Crippen LogP contribution in [0.3, 0.4) is 0 Å². The van der Waals surface area contributed by atoms with Gasteiger partial charge in [0.1, 0.15) is 5.75 Å². The number of ether oxygens (including phenoxy) is 1. The summed E-state index contributed by atoms with van der Waals surface area (Å²) < 4.78 is 5.11. The molecule has 2 rings (SSSR count). The lowest BCUT2D eigenvalue weighted by molar-refractivity contribution is 0.415. The van der Waals surface area contributed by atoms with Gasteiger partial charge in [-0.3, -0.25) is 0 Å². The summed E-state index contributed by atoms with van der Waals surface area (Å²) in [6.07, 6.45) is 0. The van der Waals surface area contributed by atoms with E-state index in [0.29, 0.717) is 5.15 Å². The van der Waals surface area contributed by atoms with Crippen LogP contribution in [0.25, 0.3) is 10.8 Å². The van der Waals surface area contributed by atoms with Crippen LogP contribution in [0.5, 0.6) is 5.75 Å². The van der Waals surface area contributed by atoms with E-state index in [2.05, 4.69) is 10.2 Å². The molecular weight excluding hydrogens is 200 g/mol. The van der Waals surface area contributed by atoms with Crippen molar-refractivity contribution < 1.29 is 4.74 Å². The van der Waals surface area contributed by atoms with E-state index in [1.165, 1.54) is 0 Å². The Morgan fingerprint density at radius 1 is 1.21 bits per heavy atom. The Morgan fingerprint density at radius 2 is 2.00 bits per heavy atom. The predicted molar refractivity (Wildman–Crippen MR) is 55.8 cm³/mol. The minimum absolute atomic E-state index is 0.407. The number of rotatable bonds is 1. The first-order chi connectivity index (χ1) is 6.72. The van der Waals surface area contributed by atoms with Crippen molar-refractivity contribution >= 4 is 22.4 Å². The van der Waals surface area contributed by atoms with E-state index in [0.717, 1.165) is 22.2 Å². The van der Waals surface area contributed by atoms with Gasteiger partial charge in [-0.25, -0.2) is 0 Å². The SMILES string of the molecule is COc1ccc2c(C)nnc(Cl)c2c1. The van der Waals surface area contributed by atoms with Gasteiger partial charge in [0, 0.05) is 10.8 Å². The van der Waals surface area contributed by atoms with Crippen LogP contribution in [0.4, 0.5) is 0 Å². The molecule has 0 saturated heterocycles. The molecule has 0 radical (unpaired) electrons. The number of methoxy groups -OCH3 is 1. The fourth-order valence-electron chi connectivity index (χ4n) is 1.36. The van der Waals surface area contributed by atoms with E-state index in [-0.39, 0.29) is 0 Å². The molecule has 0 aliphatic heterocycles. The summed E-state index contributed by atoms with van der Waals surface area (Å²) in [5.41, 5.74) is 0.868. The smallest absolute Gasteiger partial charge is 0.159 e. The fraction of sp³-hybridized carbons (Fsp3) is 0.200. The van der Waals surface area contributed by atoms with Gasteiger partial charge in [-0.05, 0) is 25.1 Å². The summed E-state index contributed by atoms with van der Waals surface area (Å²) in [5, 5.41) is 10.1. The predicted octanol–water partition coefficient (Wildman–Crippen LogP) is 2.60. The van der Waals surface area contributed by atoms with E-state index < -0.39 is 0 Å². The molecule has 1 aromatic heterocycles. The van der Waals surface area contributed by atoms with Crippen LogP contribution < -0.4 is 4.74 Å². The topological polar surface area (TPSA) is 35.0 Å². The van der Waals surface area contributed by atoms with Gasteiger partial charge >= 0.3 is 0 Å². The number of aromatic nitrogens is 2. The van der Waals surface area contributed by atoms with Crippen molar-refractivity contribution in [3.05, 3.63) is 29.0 Å². The van der Waals surface area contributed by atoms with Crippen LogP contribution >= 0.6 is 11.6 Å². The number of benzene rings is 1. The van der Waals surface area contributed by atoms with Crippen LogP contribution in [0.1, 0.15) is 5.69 Å². The zero-order chi connectivity index (χ0) is 10.1. The average molecular weight is 209 g/mol. The Balaban J connectivity index is 2.80. The third-order valence-electron chi connectivity index (χ3n) is 2.13. The van der Waals surface area contributed by atoms with Crippen LogP contribution in [-0.2, 0) is 0 Å². The molecule has 0 fully saturated rings. The maximum atomic E-state index is 5.93. The van der Waals surface area contributed by atoms with Gasteiger partial charge < -0.3 is 4.74 Å². The minimum Gasteiger partial charge on any atom is -0.497 e. The van der Waals surface area contributed by atoms with Gasteiger partial charge in [-0.2, -0.15) is 5.10 Å². The Labute approximate surface area is 86.7 Å². The fourth-order valence-corrected chi connectivity index (χ4v) is 1.56. The molecule has 0 amide bonds. The van der Waals surface area contributed by atoms with Crippen LogP contribution in [0, 0.1) is 6.92 Å². The molecule has 4 heteroatoms. The molecule has 0 bridgehead atoms. The Bertz CT molecular complexity index is 485. The molecule has 72 valence electrons. The third kappa shape index (κ3) is 1.40. The van der Waals surface area contributed by atoms with Crippen LogP contribution in [0.2, 0.25) is 5.15 Å². The summed E-state index contributed by atoms with van der Waals surface area (Å²) in [6.45, 7) is 1.90. The molecule has 1 aromatic carbocycles. The molecule has 2 aromatic rings. The van der Waals surface area contributed by atoms with Gasteiger partial charge in [0.2, 0.25) is 0 Å². The molecule has 0 aliphatic rings. The summed E-state index contributed by atoms with van der Waals surface area (Å²) >= 11 is 5.93. The van der Waals surface area contributed by atoms with Crippen molar-refractivity contribution in [2.24, 2.45) is 0 Å². The first-order valence-electron chi connectivity index (χ1n) is 4.19. The van der Waals surface area contributed by atoms with Gasteiger partial charge in [0.25, 0.3) is 0 Å². The summed E-state index contributed by atoms with van der Waals surface area (Å²) in [4.78, 5) is 0. The highest BCUT2D eigenvalue weighted by Crippen LogP contribution is 2.26. The normalized spacial score (nSPS) is 10.5. The molecule has 14 heavy (non-hydrogen) atoms. The molecule has 0 aliphatic carbocycles. The van der Waals surface area contributed by atoms with E-state index >= 15 is 0 Å². The highest BCUT2D eigenvalue weighted by Gasteiger charge is 2.05. The van der Waals surface area contributed by atoms with Crippen LogP contribution in [0.15, 0.2) is 18.2 Å². The summed E-state index contributed by atoms with van der Waals surface area (Å²) in [6, 6.07) is 5.68. The van der Waals surface area contributed by atoms with E-state index in [1.54, 1.807) is 7.11 Å². The third-order valence-corrected chi connectivity index (χ3v) is 2.41. The van der Waals surface area contributed by atoms with Crippen LogP contribution in [-0.4, -0.2) is 17.3 Å². The zero-order valence-corrected chi connectivity index (χ0v) is 8.67. The van der Waals surface area contributed by atoms with Crippen molar-refractivity contribution in [2.45, 2.75) is 6.92 Å². The molecule has 3 nitrogen and oxygen atoms in total. The van der Waals surface area contributed by atoms with Gasteiger partial charge in [0.05, 0.1) is 12.8 Å². The second kappa shape index (κ2) is 3.42. The number of fused-ring (bicyclic) bond motifs is 1. The molecular formula is C10H9ClN2O. The van der Waals surface area contributed by atoms with Crippen molar-refractivity contribution in [3.63, 3.8) is 0 Å². The van der Waals surface area contributed by atoms with Gasteiger partial charge in [-0.15, -0.1) is 5.10 Å². The van der Waals surface area contributed by atoms with E-state index in [9.17, 15) is 0 Å². The number of hydrogen-bond acceptors (Lipinski definition) is 3. The molecule has 1 heterocycles. The average Bonchev–Trinajstić information content (AvgIpc) is 2.23. The molecule has 0 unspecified atom stereocenters. The van der Waals surface area contributed by atoms with Gasteiger partial charge in [-0.1, -0.05) is 11.6 Å². The first kappa shape index (κ1) is 9.21. The second-order valence-corrected chi connectivity index (χ2v) is 3.35. The van der Waals surface area contributed by atoms with E-state index in [4.69, 9.17) is 16.3 Å². The van der Waals surface area contributed by atoms with Crippen molar-refractivity contribution in [3.8, 4) is 5.75 Å². The molecule has 0 spiro atoms. The molecule has 0 saturated carbocycles. The number of halogens is 1. The quantitative estimate of drug-likeness (QED) is 0.723. The first-order valence-corrected chi connectivity index (χ1v) is 4.56. The van der Waals surface area contributed by atoms with Crippen molar-refractivity contribution in [2.75, 3.05) is 7.11 Å². The lowest BCUT2D eigenvalue weighted by atomic mass is 10.1. The lowest BCUT2D eigenvalue weighted by Crippen LogP contribution is -1.91. The minimum atomic E-state index is 0.407. The van der Waals surface area contributed by atoms with Crippen molar-refractivity contribution in [1.29, 1.82) is 0 Å². The standard InChI is InChI=1S/C10H9ClN2O/c1-6-8-4-3-7(14-2)5-9(8)10(11)13-12-6/h3-5H,1-2H3. The van der Waals surface area contributed by atoms with E-state index in [1.807, 2.05) is 25.1 Å². The second-order valence-electron chi connectivity index (χ2n) is 2.99. The number of aryl methyl sites for hydroxylation is 1. The van der Waals surface area contributed by atoms with Gasteiger partial charge in [0.15, 0.2) is 5.15 Å².